The van der Waals surface area contributed by atoms with Gasteiger partial charge in [-0.2, -0.15) is 0 Å². The number of hydrogen-bond acceptors (Lipinski definition) is 2. The number of rotatable bonds is 5. The van der Waals surface area contributed by atoms with Gasteiger partial charge in [0.2, 0.25) is 5.91 Å². The highest BCUT2D eigenvalue weighted by Gasteiger charge is 2.40. The highest BCUT2D eigenvalue weighted by molar-refractivity contribution is 5.76. The number of carbonyl (C=O) groups excluding carboxylic acids is 1. The van der Waals surface area contributed by atoms with E-state index in [2.05, 4.69) is 5.32 Å². The Bertz CT molecular complexity index is 277. The monoisotopic (exact) mass is 239 g/mol. The molecule has 2 N–H and O–H groups in total. The molecule has 0 aromatic carbocycles. The molecule has 0 unspecified atom stereocenters. The third-order valence-electron chi connectivity index (χ3n) is 4.61. The van der Waals surface area contributed by atoms with Crippen LogP contribution in [0, 0.1) is 23.7 Å². The summed E-state index contributed by atoms with van der Waals surface area (Å²) >= 11 is 0. The van der Waals surface area contributed by atoms with E-state index >= 15 is 0 Å². The molecular weight excluding hydrogens is 214 g/mol. The third kappa shape index (κ3) is 3.21. The summed E-state index contributed by atoms with van der Waals surface area (Å²) in [5, 5.41) is 12.5. The number of amides is 1. The molecule has 0 aliphatic heterocycles. The van der Waals surface area contributed by atoms with Crippen molar-refractivity contribution in [3.63, 3.8) is 0 Å². The minimum Gasteiger partial charge on any atom is -0.391 e. The SMILES string of the molecule is CC(C)[C@H](O)CNC(=O)C[C@@H]1C[C@H]2CC[C@H]1C2. The minimum atomic E-state index is -0.418. The van der Waals surface area contributed by atoms with Crippen molar-refractivity contribution in [3.05, 3.63) is 0 Å². The first-order chi connectivity index (χ1) is 8.06. The van der Waals surface area contributed by atoms with Crippen molar-refractivity contribution < 1.29 is 9.90 Å². The molecule has 0 radical (unpaired) electrons. The first-order valence-electron chi connectivity index (χ1n) is 7.01. The largest absolute Gasteiger partial charge is 0.391 e. The van der Waals surface area contributed by atoms with Crippen molar-refractivity contribution in [2.45, 2.75) is 52.1 Å². The Kier molecular flexibility index (Phi) is 4.08. The van der Waals surface area contributed by atoms with Gasteiger partial charge >= 0.3 is 0 Å². The van der Waals surface area contributed by atoms with Crippen molar-refractivity contribution in [2.75, 3.05) is 6.54 Å². The summed E-state index contributed by atoms with van der Waals surface area (Å²) in [7, 11) is 0. The van der Waals surface area contributed by atoms with Crippen molar-refractivity contribution in [3.8, 4) is 0 Å². The second-order valence-corrected chi connectivity index (χ2v) is 6.25. The molecule has 0 aromatic rings. The fraction of sp³-hybridized carbons (Fsp3) is 0.929. The Morgan fingerprint density at radius 3 is 2.65 bits per heavy atom. The lowest BCUT2D eigenvalue weighted by Crippen LogP contribution is -2.36. The Hall–Kier alpha value is -0.570. The van der Waals surface area contributed by atoms with Crippen LogP contribution in [0.15, 0.2) is 0 Å². The van der Waals surface area contributed by atoms with Gasteiger partial charge < -0.3 is 10.4 Å². The Balaban J connectivity index is 1.67. The molecule has 0 spiro atoms. The van der Waals surface area contributed by atoms with Gasteiger partial charge in [-0.3, -0.25) is 4.79 Å². The first-order valence-corrected chi connectivity index (χ1v) is 7.01. The summed E-state index contributed by atoms with van der Waals surface area (Å²) in [6.07, 6.45) is 5.58. The number of carbonyl (C=O) groups is 1. The molecule has 2 fully saturated rings. The molecule has 3 heteroatoms. The summed E-state index contributed by atoms with van der Waals surface area (Å²) in [6.45, 7) is 4.33. The summed E-state index contributed by atoms with van der Waals surface area (Å²) in [4.78, 5) is 11.8. The second-order valence-electron chi connectivity index (χ2n) is 6.25. The zero-order chi connectivity index (χ0) is 12.4. The fourth-order valence-corrected chi connectivity index (χ4v) is 3.39. The topological polar surface area (TPSA) is 49.3 Å². The number of aliphatic hydroxyl groups is 1. The predicted octanol–water partition coefficient (Wildman–Crippen LogP) is 1.95. The third-order valence-corrected chi connectivity index (χ3v) is 4.61. The van der Waals surface area contributed by atoms with Crippen LogP contribution in [0.1, 0.15) is 46.0 Å². The van der Waals surface area contributed by atoms with Crippen LogP contribution in [-0.2, 0) is 4.79 Å². The lowest BCUT2D eigenvalue weighted by atomic mass is 9.86. The normalized spacial score (nSPS) is 33.1. The average Bonchev–Trinajstić information content (AvgIpc) is 2.87. The lowest BCUT2D eigenvalue weighted by Gasteiger charge is -2.21. The maximum absolute atomic E-state index is 11.8. The van der Waals surface area contributed by atoms with Gasteiger partial charge in [0.25, 0.3) is 0 Å². The summed E-state index contributed by atoms with van der Waals surface area (Å²) < 4.78 is 0. The molecule has 0 heterocycles. The van der Waals surface area contributed by atoms with Crippen molar-refractivity contribution in [2.24, 2.45) is 23.7 Å². The smallest absolute Gasteiger partial charge is 0.220 e. The minimum absolute atomic E-state index is 0.127. The molecule has 4 atom stereocenters. The molecule has 0 aromatic heterocycles. The van der Waals surface area contributed by atoms with Gasteiger partial charge in [-0.05, 0) is 42.9 Å². The molecule has 2 rings (SSSR count). The van der Waals surface area contributed by atoms with Crippen molar-refractivity contribution >= 4 is 5.91 Å². The molecule has 98 valence electrons. The van der Waals surface area contributed by atoms with Gasteiger partial charge in [-0.1, -0.05) is 20.3 Å². The van der Waals surface area contributed by atoms with Gasteiger partial charge in [0.15, 0.2) is 0 Å². The molecule has 2 aliphatic rings. The molecule has 2 aliphatic carbocycles. The van der Waals surface area contributed by atoms with E-state index in [1.807, 2.05) is 13.8 Å². The van der Waals surface area contributed by atoms with E-state index in [0.717, 1.165) is 11.8 Å². The molecule has 2 saturated carbocycles. The van der Waals surface area contributed by atoms with Crippen LogP contribution in [0.3, 0.4) is 0 Å². The van der Waals surface area contributed by atoms with Gasteiger partial charge in [-0.15, -0.1) is 0 Å². The zero-order valence-electron chi connectivity index (χ0n) is 11.0. The molecule has 17 heavy (non-hydrogen) atoms. The fourth-order valence-electron chi connectivity index (χ4n) is 3.39. The highest BCUT2D eigenvalue weighted by atomic mass is 16.3. The van der Waals surface area contributed by atoms with Crippen LogP contribution < -0.4 is 5.32 Å². The van der Waals surface area contributed by atoms with Crippen LogP contribution in [0.25, 0.3) is 0 Å². The molecule has 3 nitrogen and oxygen atoms in total. The van der Waals surface area contributed by atoms with Gasteiger partial charge in [0.05, 0.1) is 6.10 Å². The predicted molar refractivity (Wildman–Crippen MR) is 67.4 cm³/mol. The van der Waals surface area contributed by atoms with Crippen LogP contribution in [-0.4, -0.2) is 23.7 Å². The van der Waals surface area contributed by atoms with Crippen molar-refractivity contribution in [1.29, 1.82) is 0 Å². The van der Waals surface area contributed by atoms with Gasteiger partial charge in [0, 0.05) is 13.0 Å². The van der Waals surface area contributed by atoms with E-state index in [-0.39, 0.29) is 11.8 Å². The zero-order valence-corrected chi connectivity index (χ0v) is 11.0. The number of hydrogen-bond donors (Lipinski definition) is 2. The average molecular weight is 239 g/mol. The van der Waals surface area contributed by atoms with E-state index in [1.165, 1.54) is 25.7 Å². The van der Waals surface area contributed by atoms with Crippen molar-refractivity contribution in [1.82, 2.24) is 5.32 Å². The Labute approximate surface area is 104 Å². The van der Waals surface area contributed by atoms with E-state index in [4.69, 9.17) is 0 Å². The summed E-state index contributed by atoms with van der Waals surface area (Å²) in [5.41, 5.74) is 0. The number of aliphatic hydroxyl groups excluding tert-OH is 1. The first kappa shape index (κ1) is 12.9. The molecule has 0 saturated heterocycles. The standard InChI is InChI=1S/C14H25NO2/c1-9(2)13(16)8-15-14(17)7-12-6-10-3-4-11(12)5-10/h9-13,16H,3-8H2,1-2H3,(H,15,17)/t10-,11-,12-,13+/m0/s1. The number of fused-ring (bicyclic) bond motifs is 2. The Morgan fingerprint density at radius 2 is 2.12 bits per heavy atom. The van der Waals surface area contributed by atoms with Gasteiger partial charge in [0.1, 0.15) is 0 Å². The van der Waals surface area contributed by atoms with E-state index < -0.39 is 6.10 Å². The maximum atomic E-state index is 11.8. The van der Waals surface area contributed by atoms with Crippen LogP contribution >= 0.6 is 0 Å². The Morgan fingerprint density at radius 1 is 1.35 bits per heavy atom. The highest BCUT2D eigenvalue weighted by Crippen LogP contribution is 2.49. The molecular formula is C14H25NO2. The molecule has 1 amide bonds. The lowest BCUT2D eigenvalue weighted by molar-refractivity contribution is -0.123. The summed E-state index contributed by atoms with van der Waals surface area (Å²) in [5.74, 6) is 2.66. The van der Waals surface area contributed by atoms with Gasteiger partial charge in [-0.25, -0.2) is 0 Å². The van der Waals surface area contributed by atoms with E-state index in [9.17, 15) is 9.90 Å². The van der Waals surface area contributed by atoms with Crippen LogP contribution in [0.5, 0.6) is 0 Å². The molecule has 2 bridgehead atoms. The quantitative estimate of drug-likeness (QED) is 0.770. The van der Waals surface area contributed by atoms with E-state index in [0.29, 0.717) is 18.9 Å². The maximum Gasteiger partial charge on any atom is 0.220 e. The second kappa shape index (κ2) is 5.38. The van der Waals surface area contributed by atoms with E-state index in [1.54, 1.807) is 0 Å². The van der Waals surface area contributed by atoms with Crippen LogP contribution in [0.2, 0.25) is 0 Å². The summed E-state index contributed by atoms with van der Waals surface area (Å²) in [6, 6.07) is 0. The number of nitrogens with one attached hydrogen (secondary N) is 1. The van der Waals surface area contributed by atoms with Crippen LogP contribution in [0.4, 0.5) is 0 Å².